The van der Waals surface area contributed by atoms with E-state index in [9.17, 15) is 10.1 Å². The minimum Gasteiger partial charge on any atom is -0.363 e. The van der Waals surface area contributed by atoms with Crippen molar-refractivity contribution in [2.24, 2.45) is 7.05 Å². The van der Waals surface area contributed by atoms with Crippen LogP contribution < -0.4 is 5.32 Å². The van der Waals surface area contributed by atoms with E-state index in [0.29, 0.717) is 12.4 Å². The van der Waals surface area contributed by atoms with Gasteiger partial charge in [0.05, 0.1) is 4.92 Å². The maximum atomic E-state index is 10.8. The van der Waals surface area contributed by atoms with Crippen molar-refractivity contribution < 1.29 is 4.92 Å². The molecule has 6 nitrogen and oxygen atoms in total. The second kappa shape index (κ2) is 4.99. The Hall–Kier alpha value is -1.85. The zero-order valence-corrected chi connectivity index (χ0v) is 9.85. The van der Waals surface area contributed by atoms with E-state index in [1.165, 1.54) is 29.3 Å². The highest BCUT2D eigenvalue weighted by atomic mass is 16.6. The molecule has 17 heavy (non-hydrogen) atoms. The molecule has 1 aliphatic carbocycles. The summed E-state index contributed by atoms with van der Waals surface area (Å²) in [4.78, 5) is 10.3. The molecule has 2 rings (SSSR count). The van der Waals surface area contributed by atoms with E-state index in [1.54, 1.807) is 7.05 Å². The Morgan fingerprint density at radius 1 is 1.65 bits per heavy atom. The van der Waals surface area contributed by atoms with E-state index in [4.69, 9.17) is 0 Å². The van der Waals surface area contributed by atoms with E-state index in [0.717, 1.165) is 12.8 Å². The average Bonchev–Trinajstić information content (AvgIpc) is 2.88. The van der Waals surface area contributed by atoms with Crippen molar-refractivity contribution in [3.63, 3.8) is 0 Å². The quantitative estimate of drug-likeness (QED) is 0.483. The molecule has 0 aliphatic heterocycles. The molecule has 0 aromatic carbocycles. The van der Waals surface area contributed by atoms with Gasteiger partial charge in [0.2, 0.25) is 5.82 Å². The summed E-state index contributed by atoms with van der Waals surface area (Å²) in [5, 5.41) is 17.8. The summed E-state index contributed by atoms with van der Waals surface area (Å²) < 4.78 is 1.45. The standard InChI is InChI=1S/C11H16N4O2/c1-14-8-10(15(16)17)11(13-14)12-7-6-9-4-2-3-5-9/h4,8H,2-3,5-7H2,1H3,(H,12,13). The fourth-order valence-corrected chi connectivity index (χ4v) is 2.04. The highest BCUT2D eigenvalue weighted by Crippen LogP contribution is 2.23. The van der Waals surface area contributed by atoms with Gasteiger partial charge >= 0.3 is 5.69 Å². The maximum absolute atomic E-state index is 10.8. The van der Waals surface area contributed by atoms with Gasteiger partial charge in [0.15, 0.2) is 0 Å². The number of nitrogens with one attached hydrogen (secondary N) is 1. The molecule has 0 amide bonds. The smallest absolute Gasteiger partial charge is 0.330 e. The van der Waals surface area contributed by atoms with Gasteiger partial charge < -0.3 is 5.32 Å². The van der Waals surface area contributed by atoms with Crippen LogP contribution in [0.25, 0.3) is 0 Å². The zero-order chi connectivity index (χ0) is 12.3. The Kier molecular flexibility index (Phi) is 3.41. The third kappa shape index (κ3) is 2.83. The van der Waals surface area contributed by atoms with Crippen molar-refractivity contribution in [2.75, 3.05) is 11.9 Å². The van der Waals surface area contributed by atoms with E-state index < -0.39 is 4.92 Å². The first-order valence-corrected chi connectivity index (χ1v) is 5.76. The van der Waals surface area contributed by atoms with Gasteiger partial charge in [0, 0.05) is 13.6 Å². The van der Waals surface area contributed by atoms with Crippen LogP contribution in [0.15, 0.2) is 17.8 Å². The summed E-state index contributed by atoms with van der Waals surface area (Å²) in [5.41, 5.74) is 1.48. The van der Waals surface area contributed by atoms with E-state index in [2.05, 4.69) is 16.5 Å². The molecule has 1 N–H and O–H groups in total. The molecule has 1 aliphatic rings. The first-order valence-electron chi connectivity index (χ1n) is 5.76. The number of nitrogens with zero attached hydrogens (tertiary/aromatic N) is 3. The molecule has 6 heteroatoms. The zero-order valence-electron chi connectivity index (χ0n) is 9.85. The molecule has 0 atom stereocenters. The molecule has 1 aromatic rings. The van der Waals surface area contributed by atoms with Gasteiger partial charge in [0.25, 0.3) is 0 Å². The molecule has 92 valence electrons. The SMILES string of the molecule is Cn1cc([N+](=O)[O-])c(NCCC2=CCCC2)n1. The van der Waals surface area contributed by atoms with Crippen LogP contribution in [0.2, 0.25) is 0 Å². The van der Waals surface area contributed by atoms with Crippen molar-refractivity contribution in [3.05, 3.63) is 28.0 Å². The minimum absolute atomic E-state index is 0.0351. The molecule has 0 spiro atoms. The Balaban J connectivity index is 1.91. The second-order valence-electron chi connectivity index (χ2n) is 4.23. The minimum atomic E-state index is -0.413. The Labute approximate surface area is 99.5 Å². The lowest BCUT2D eigenvalue weighted by atomic mass is 10.2. The highest BCUT2D eigenvalue weighted by molar-refractivity contribution is 5.54. The Morgan fingerprint density at radius 3 is 3.12 bits per heavy atom. The lowest BCUT2D eigenvalue weighted by molar-refractivity contribution is -0.384. The van der Waals surface area contributed by atoms with Crippen LogP contribution in [0.4, 0.5) is 11.5 Å². The number of anilines is 1. The van der Waals surface area contributed by atoms with Crippen molar-refractivity contribution in [3.8, 4) is 0 Å². The van der Waals surface area contributed by atoms with Gasteiger partial charge in [-0.05, 0) is 25.7 Å². The number of allylic oxidation sites excluding steroid dienone is 1. The van der Waals surface area contributed by atoms with Gasteiger partial charge in [-0.25, -0.2) is 0 Å². The van der Waals surface area contributed by atoms with Crippen LogP contribution in [0.1, 0.15) is 25.7 Å². The predicted octanol–water partition coefficient (Wildman–Crippen LogP) is 2.24. The molecule has 0 fully saturated rings. The van der Waals surface area contributed by atoms with Crippen LogP contribution in [0.5, 0.6) is 0 Å². The Bertz CT molecular complexity index is 450. The highest BCUT2D eigenvalue weighted by Gasteiger charge is 2.17. The van der Waals surface area contributed by atoms with Gasteiger partial charge in [-0.15, -0.1) is 5.10 Å². The molecule has 0 radical (unpaired) electrons. The Morgan fingerprint density at radius 2 is 2.47 bits per heavy atom. The normalized spacial score (nSPS) is 14.8. The van der Waals surface area contributed by atoms with E-state index in [-0.39, 0.29) is 5.69 Å². The average molecular weight is 236 g/mol. The monoisotopic (exact) mass is 236 g/mol. The maximum Gasteiger partial charge on any atom is 0.330 e. The molecule has 0 saturated heterocycles. The van der Waals surface area contributed by atoms with Crippen LogP contribution >= 0.6 is 0 Å². The number of aryl methyl sites for hydroxylation is 1. The number of hydrogen-bond acceptors (Lipinski definition) is 4. The lowest BCUT2D eigenvalue weighted by Crippen LogP contribution is -2.05. The van der Waals surface area contributed by atoms with Crippen molar-refractivity contribution in [1.82, 2.24) is 9.78 Å². The third-order valence-electron chi connectivity index (χ3n) is 2.88. The number of nitro groups is 1. The topological polar surface area (TPSA) is 73.0 Å². The largest absolute Gasteiger partial charge is 0.363 e. The molecule has 0 saturated carbocycles. The van der Waals surface area contributed by atoms with Gasteiger partial charge in [-0.3, -0.25) is 14.8 Å². The van der Waals surface area contributed by atoms with Gasteiger partial charge in [0.1, 0.15) is 6.20 Å². The van der Waals surface area contributed by atoms with Crippen LogP contribution in [0.3, 0.4) is 0 Å². The van der Waals surface area contributed by atoms with E-state index in [1.807, 2.05) is 0 Å². The number of hydrogen-bond donors (Lipinski definition) is 1. The second-order valence-corrected chi connectivity index (χ2v) is 4.23. The fourth-order valence-electron chi connectivity index (χ4n) is 2.04. The predicted molar refractivity (Wildman–Crippen MR) is 64.9 cm³/mol. The summed E-state index contributed by atoms with van der Waals surface area (Å²) in [6, 6.07) is 0. The number of rotatable bonds is 5. The molecular formula is C11H16N4O2. The first kappa shape index (κ1) is 11.6. The summed E-state index contributed by atoms with van der Waals surface area (Å²) in [6.07, 6.45) is 8.17. The van der Waals surface area contributed by atoms with Gasteiger partial charge in [-0.2, -0.15) is 0 Å². The van der Waals surface area contributed by atoms with Gasteiger partial charge in [-0.1, -0.05) is 11.6 Å². The molecular weight excluding hydrogens is 220 g/mol. The molecule has 0 unspecified atom stereocenters. The summed E-state index contributed by atoms with van der Waals surface area (Å²) >= 11 is 0. The lowest BCUT2D eigenvalue weighted by Gasteiger charge is -2.03. The van der Waals surface area contributed by atoms with Crippen molar-refractivity contribution >= 4 is 11.5 Å². The molecule has 0 bridgehead atoms. The molecule has 1 aromatic heterocycles. The summed E-state index contributed by atoms with van der Waals surface area (Å²) in [6.45, 7) is 0.698. The van der Waals surface area contributed by atoms with Crippen LogP contribution in [-0.4, -0.2) is 21.2 Å². The van der Waals surface area contributed by atoms with Crippen molar-refractivity contribution in [2.45, 2.75) is 25.7 Å². The molecule has 1 heterocycles. The van der Waals surface area contributed by atoms with Crippen LogP contribution in [-0.2, 0) is 7.05 Å². The van der Waals surface area contributed by atoms with Crippen molar-refractivity contribution in [1.29, 1.82) is 0 Å². The summed E-state index contributed by atoms with van der Waals surface area (Å²) in [5.74, 6) is 0.357. The fraction of sp³-hybridized carbons (Fsp3) is 0.545. The van der Waals surface area contributed by atoms with Crippen LogP contribution in [0, 0.1) is 10.1 Å². The summed E-state index contributed by atoms with van der Waals surface area (Å²) in [7, 11) is 1.68. The first-order chi connectivity index (χ1) is 8.16. The third-order valence-corrected chi connectivity index (χ3v) is 2.88. The van der Waals surface area contributed by atoms with E-state index >= 15 is 0 Å². The number of aromatic nitrogens is 2.